The summed E-state index contributed by atoms with van der Waals surface area (Å²) in [6.07, 6.45) is 0.764. The van der Waals surface area contributed by atoms with Gasteiger partial charge in [-0.15, -0.1) is 6.58 Å². The van der Waals surface area contributed by atoms with Crippen LogP contribution in [-0.2, 0) is 16.0 Å². The average Bonchev–Trinajstić information content (AvgIpc) is 2.81. The number of carbonyl (C=O) groups excluding carboxylic acids is 2. The van der Waals surface area contributed by atoms with Crippen LogP contribution < -0.4 is 15.4 Å². The van der Waals surface area contributed by atoms with Crippen molar-refractivity contribution in [2.24, 2.45) is 5.92 Å². The molecule has 6 heteroatoms. The number of rotatable bonds is 10. The van der Waals surface area contributed by atoms with Gasteiger partial charge >= 0.3 is 0 Å². The minimum Gasteiger partial charge on any atom is -0.457 e. The number of anilines is 1. The summed E-state index contributed by atoms with van der Waals surface area (Å²) < 4.78 is 5.78. The maximum absolute atomic E-state index is 13.1. The van der Waals surface area contributed by atoms with Crippen LogP contribution in [0.3, 0.4) is 0 Å². The molecule has 2 amide bonds. The van der Waals surface area contributed by atoms with Gasteiger partial charge in [-0.3, -0.25) is 9.59 Å². The molecule has 0 unspecified atom stereocenters. The second kappa shape index (κ2) is 11.6. The number of ether oxygens (including phenoxy) is 1. The van der Waals surface area contributed by atoms with Crippen LogP contribution in [0.2, 0.25) is 0 Å². The van der Waals surface area contributed by atoms with Crippen molar-refractivity contribution in [3.05, 3.63) is 103 Å². The molecule has 6 nitrogen and oxygen atoms in total. The molecule has 0 heterocycles. The Bertz CT molecular complexity index is 1050. The van der Waals surface area contributed by atoms with Crippen molar-refractivity contribution in [2.45, 2.75) is 25.5 Å². The van der Waals surface area contributed by atoms with E-state index in [4.69, 9.17) is 4.74 Å². The Morgan fingerprint density at radius 1 is 0.909 bits per heavy atom. The number of amides is 2. The fourth-order valence-electron chi connectivity index (χ4n) is 3.31. The number of para-hydroxylation sites is 1. The largest absolute Gasteiger partial charge is 0.457 e. The Kier molecular flexibility index (Phi) is 8.38. The number of benzene rings is 3. The SMILES string of the molecule is C=C[C@H](C(=O)N[C@@H](Cc1ccccc1)C(=O)Nc1ccc(Oc2ccccc2)cc1)[C@@H](C)O. The molecule has 170 valence electrons. The molecule has 3 atom stereocenters. The second-order valence-corrected chi connectivity index (χ2v) is 7.68. The highest BCUT2D eigenvalue weighted by molar-refractivity contribution is 5.98. The van der Waals surface area contributed by atoms with E-state index >= 15 is 0 Å². The quantitative estimate of drug-likeness (QED) is 0.406. The van der Waals surface area contributed by atoms with Gasteiger partial charge in [0, 0.05) is 12.1 Å². The van der Waals surface area contributed by atoms with Crippen molar-refractivity contribution >= 4 is 17.5 Å². The lowest BCUT2D eigenvalue weighted by Gasteiger charge is -2.22. The van der Waals surface area contributed by atoms with E-state index in [0.29, 0.717) is 17.9 Å². The Hall–Kier alpha value is -3.90. The van der Waals surface area contributed by atoms with E-state index in [9.17, 15) is 14.7 Å². The van der Waals surface area contributed by atoms with E-state index in [0.717, 1.165) is 11.3 Å². The molecule has 0 saturated carbocycles. The topological polar surface area (TPSA) is 87.7 Å². The van der Waals surface area contributed by atoms with Gasteiger partial charge in [-0.05, 0) is 48.9 Å². The zero-order chi connectivity index (χ0) is 23.6. The lowest BCUT2D eigenvalue weighted by atomic mass is 10.0. The standard InChI is InChI=1S/C27H28N2O4/c1-3-24(19(2)30)26(31)29-25(18-20-10-6-4-7-11-20)27(32)28-21-14-16-23(17-15-21)33-22-12-8-5-9-13-22/h3-17,19,24-25,30H,1,18H2,2H3,(H,28,32)(H,29,31)/t19-,24+,25+/m1/s1. The third kappa shape index (κ3) is 7.05. The number of nitrogens with one attached hydrogen (secondary N) is 2. The van der Waals surface area contributed by atoms with Crippen LogP contribution in [-0.4, -0.2) is 29.1 Å². The van der Waals surface area contributed by atoms with Crippen molar-refractivity contribution in [2.75, 3.05) is 5.32 Å². The number of hydrogen-bond acceptors (Lipinski definition) is 4. The molecule has 0 aliphatic rings. The second-order valence-electron chi connectivity index (χ2n) is 7.68. The van der Waals surface area contributed by atoms with Crippen molar-refractivity contribution in [1.82, 2.24) is 5.32 Å². The number of aliphatic hydroxyl groups is 1. The van der Waals surface area contributed by atoms with Gasteiger partial charge in [0.25, 0.3) is 0 Å². The highest BCUT2D eigenvalue weighted by atomic mass is 16.5. The fourth-order valence-corrected chi connectivity index (χ4v) is 3.31. The van der Waals surface area contributed by atoms with Gasteiger partial charge in [-0.2, -0.15) is 0 Å². The normalized spacial score (nSPS) is 13.3. The highest BCUT2D eigenvalue weighted by Crippen LogP contribution is 2.23. The van der Waals surface area contributed by atoms with E-state index in [1.807, 2.05) is 60.7 Å². The number of aliphatic hydroxyl groups excluding tert-OH is 1. The van der Waals surface area contributed by atoms with Crippen LogP contribution in [0.25, 0.3) is 0 Å². The molecule has 33 heavy (non-hydrogen) atoms. The summed E-state index contributed by atoms with van der Waals surface area (Å²) in [7, 11) is 0. The zero-order valence-corrected chi connectivity index (χ0v) is 18.5. The van der Waals surface area contributed by atoms with Gasteiger partial charge in [0.05, 0.1) is 12.0 Å². The predicted octanol–water partition coefficient (Wildman–Crippen LogP) is 4.33. The van der Waals surface area contributed by atoms with Crippen LogP contribution in [0.4, 0.5) is 5.69 Å². The van der Waals surface area contributed by atoms with E-state index in [-0.39, 0.29) is 5.91 Å². The third-order valence-corrected chi connectivity index (χ3v) is 5.09. The summed E-state index contributed by atoms with van der Waals surface area (Å²) in [4.78, 5) is 25.7. The van der Waals surface area contributed by atoms with Gasteiger partial charge in [-0.25, -0.2) is 0 Å². The van der Waals surface area contributed by atoms with Gasteiger partial charge in [0.15, 0.2) is 0 Å². The zero-order valence-electron chi connectivity index (χ0n) is 18.5. The summed E-state index contributed by atoms with van der Waals surface area (Å²) in [5.41, 5.74) is 1.47. The highest BCUT2D eigenvalue weighted by Gasteiger charge is 2.27. The maximum Gasteiger partial charge on any atom is 0.247 e. The summed E-state index contributed by atoms with van der Waals surface area (Å²) in [5.74, 6) is -0.278. The molecule has 3 aromatic rings. The van der Waals surface area contributed by atoms with Crippen LogP contribution in [0.1, 0.15) is 12.5 Å². The molecule has 0 radical (unpaired) electrons. The molecular weight excluding hydrogens is 416 g/mol. The molecule has 0 spiro atoms. The molecule has 3 N–H and O–H groups in total. The molecule has 0 bridgehead atoms. The molecule has 3 aromatic carbocycles. The van der Waals surface area contributed by atoms with Crippen LogP contribution in [0.15, 0.2) is 97.6 Å². The summed E-state index contributed by atoms with van der Waals surface area (Å²) in [5, 5.41) is 15.4. The Morgan fingerprint density at radius 3 is 2.06 bits per heavy atom. The minimum atomic E-state index is -0.917. The molecular formula is C27H28N2O4. The smallest absolute Gasteiger partial charge is 0.247 e. The lowest BCUT2D eigenvalue weighted by molar-refractivity contribution is -0.130. The van der Waals surface area contributed by atoms with Gasteiger partial charge in [-0.1, -0.05) is 54.6 Å². The minimum absolute atomic E-state index is 0.303. The van der Waals surface area contributed by atoms with Crippen LogP contribution >= 0.6 is 0 Å². The van der Waals surface area contributed by atoms with Gasteiger partial charge in [0.2, 0.25) is 11.8 Å². The summed E-state index contributed by atoms with van der Waals surface area (Å²) in [6.45, 7) is 5.12. The van der Waals surface area contributed by atoms with E-state index in [1.165, 1.54) is 13.0 Å². The summed E-state index contributed by atoms with van der Waals surface area (Å²) in [6, 6.07) is 25.0. The first kappa shape index (κ1) is 23.8. The average molecular weight is 445 g/mol. The first-order valence-corrected chi connectivity index (χ1v) is 10.7. The van der Waals surface area contributed by atoms with E-state index in [1.54, 1.807) is 24.3 Å². The Labute approximate surface area is 193 Å². The first-order chi connectivity index (χ1) is 16.0. The Morgan fingerprint density at radius 2 is 1.48 bits per heavy atom. The first-order valence-electron chi connectivity index (χ1n) is 10.7. The van der Waals surface area contributed by atoms with Gasteiger partial charge in [0.1, 0.15) is 17.5 Å². The van der Waals surface area contributed by atoms with Gasteiger partial charge < -0.3 is 20.5 Å². The third-order valence-electron chi connectivity index (χ3n) is 5.09. The summed E-state index contributed by atoms with van der Waals surface area (Å²) >= 11 is 0. The van der Waals surface area contributed by atoms with Crippen molar-refractivity contribution in [3.63, 3.8) is 0 Å². The van der Waals surface area contributed by atoms with E-state index < -0.39 is 24.0 Å². The van der Waals surface area contributed by atoms with Crippen LogP contribution in [0.5, 0.6) is 11.5 Å². The Balaban J connectivity index is 1.70. The predicted molar refractivity (Wildman–Crippen MR) is 129 cm³/mol. The molecule has 0 saturated heterocycles. The maximum atomic E-state index is 13.1. The number of hydrogen-bond donors (Lipinski definition) is 3. The van der Waals surface area contributed by atoms with Crippen molar-refractivity contribution in [1.29, 1.82) is 0 Å². The van der Waals surface area contributed by atoms with Crippen molar-refractivity contribution < 1.29 is 19.4 Å². The number of carbonyl (C=O) groups is 2. The van der Waals surface area contributed by atoms with Crippen molar-refractivity contribution in [3.8, 4) is 11.5 Å². The molecule has 3 rings (SSSR count). The fraction of sp³-hybridized carbons (Fsp3) is 0.185. The molecule has 0 aliphatic carbocycles. The molecule has 0 aromatic heterocycles. The monoisotopic (exact) mass is 444 g/mol. The molecule has 0 aliphatic heterocycles. The van der Waals surface area contributed by atoms with Crippen LogP contribution in [0, 0.1) is 5.92 Å². The van der Waals surface area contributed by atoms with E-state index in [2.05, 4.69) is 17.2 Å². The lowest BCUT2D eigenvalue weighted by Crippen LogP contribution is -2.48. The molecule has 0 fully saturated rings.